The molecule has 0 saturated heterocycles. The summed E-state index contributed by atoms with van der Waals surface area (Å²) >= 11 is 5.21. The van der Waals surface area contributed by atoms with E-state index in [0.717, 1.165) is 17.7 Å². The molecule has 3 rings (SSSR count). The average molecular weight is 490 g/mol. The molecule has 0 spiro atoms. The number of thioether (sulfide) groups is 2. The largest absolute Gasteiger partial charge is 0.355 e. The first-order chi connectivity index (χ1) is 15.1. The van der Waals surface area contributed by atoms with Crippen LogP contribution >= 0.6 is 46.2 Å². The maximum absolute atomic E-state index is 12.6. The van der Waals surface area contributed by atoms with Gasteiger partial charge in [-0.25, -0.2) is 4.98 Å². The first kappa shape index (κ1) is 23.4. The van der Waals surface area contributed by atoms with Gasteiger partial charge in [-0.1, -0.05) is 72.1 Å². The van der Waals surface area contributed by atoms with Gasteiger partial charge >= 0.3 is 0 Å². The van der Waals surface area contributed by atoms with Gasteiger partial charge in [0.15, 0.2) is 20.4 Å². The molecule has 2 heterocycles. The maximum Gasteiger partial charge on any atom is 0.230 e. The molecule has 0 radical (unpaired) electrons. The molecule has 0 aliphatic rings. The summed E-state index contributed by atoms with van der Waals surface area (Å²) < 4.78 is 1.30. The Morgan fingerprint density at radius 3 is 2.55 bits per heavy atom. The van der Waals surface area contributed by atoms with Gasteiger partial charge in [0.1, 0.15) is 5.01 Å². The van der Waals surface area contributed by atoms with Crippen LogP contribution in [0.2, 0.25) is 0 Å². The maximum atomic E-state index is 12.6. The molecule has 3 aromatic rings. The number of nitriles is 1. The Kier molecular flexibility index (Phi) is 9.02. The summed E-state index contributed by atoms with van der Waals surface area (Å²) in [5.41, 5.74) is 1.71. The van der Waals surface area contributed by atoms with E-state index in [1.807, 2.05) is 42.6 Å². The highest BCUT2D eigenvalue weighted by Crippen LogP contribution is 2.31. The standard InChI is InChI=1S/C20H19N5O2S4/c1-2-8-22-17(27)12-30-20-25-24-19(31-20)29-11-16(26)14(9-21)18-23-15(10-28-18)13-6-4-3-5-7-13/h3-7,10,14H,2,8,11-12H2,1H3,(H,22,27). The Bertz CT molecular complexity index is 1060. The van der Waals surface area contributed by atoms with Gasteiger partial charge in [-0.15, -0.1) is 21.5 Å². The van der Waals surface area contributed by atoms with Crippen LogP contribution in [0.3, 0.4) is 0 Å². The van der Waals surface area contributed by atoms with Gasteiger partial charge in [0, 0.05) is 17.5 Å². The molecule has 11 heteroatoms. The second kappa shape index (κ2) is 12.0. The van der Waals surface area contributed by atoms with E-state index in [0.29, 0.717) is 20.2 Å². The van der Waals surface area contributed by atoms with Crippen molar-refractivity contribution in [1.82, 2.24) is 20.5 Å². The molecular formula is C20H19N5O2S4. The van der Waals surface area contributed by atoms with Crippen molar-refractivity contribution in [3.63, 3.8) is 0 Å². The predicted octanol–water partition coefficient (Wildman–Crippen LogP) is 4.25. The minimum atomic E-state index is -0.904. The average Bonchev–Trinajstić information content (AvgIpc) is 3.46. The lowest BCUT2D eigenvalue weighted by Gasteiger charge is -2.03. The quantitative estimate of drug-likeness (QED) is 0.398. The van der Waals surface area contributed by atoms with Crippen LogP contribution < -0.4 is 5.32 Å². The fraction of sp³-hybridized carbons (Fsp3) is 0.300. The third-order valence-electron chi connectivity index (χ3n) is 3.91. The van der Waals surface area contributed by atoms with Crippen molar-refractivity contribution in [1.29, 1.82) is 5.26 Å². The van der Waals surface area contributed by atoms with Crippen molar-refractivity contribution in [2.24, 2.45) is 0 Å². The van der Waals surface area contributed by atoms with Crippen LogP contribution in [0.25, 0.3) is 11.3 Å². The Labute approximate surface area is 196 Å². The summed E-state index contributed by atoms with van der Waals surface area (Å²) in [6, 6.07) is 11.7. The van der Waals surface area contributed by atoms with E-state index in [2.05, 4.69) is 26.6 Å². The second-order valence-corrected chi connectivity index (χ2v) is 10.5. The highest BCUT2D eigenvalue weighted by atomic mass is 32.2. The first-order valence-corrected chi connectivity index (χ1v) is 13.1. The molecule has 0 fully saturated rings. The molecule has 0 aliphatic heterocycles. The fourth-order valence-electron chi connectivity index (χ4n) is 2.40. The van der Waals surface area contributed by atoms with Crippen molar-refractivity contribution in [3.05, 3.63) is 40.7 Å². The predicted molar refractivity (Wildman–Crippen MR) is 126 cm³/mol. The van der Waals surface area contributed by atoms with Gasteiger partial charge in [-0.3, -0.25) is 9.59 Å². The Morgan fingerprint density at radius 1 is 1.16 bits per heavy atom. The van der Waals surface area contributed by atoms with E-state index < -0.39 is 5.92 Å². The van der Waals surface area contributed by atoms with Gasteiger partial charge in [-0.2, -0.15) is 5.26 Å². The van der Waals surface area contributed by atoms with Gasteiger partial charge < -0.3 is 5.32 Å². The van der Waals surface area contributed by atoms with Crippen LogP contribution in [0.1, 0.15) is 24.3 Å². The topological polar surface area (TPSA) is 109 Å². The fourth-order valence-corrected chi connectivity index (χ4v) is 6.05. The van der Waals surface area contributed by atoms with E-state index >= 15 is 0 Å². The number of carbonyl (C=O) groups excluding carboxylic acids is 2. The zero-order chi connectivity index (χ0) is 22.1. The van der Waals surface area contributed by atoms with Crippen molar-refractivity contribution >= 4 is 57.9 Å². The monoisotopic (exact) mass is 489 g/mol. The highest BCUT2D eigenvalue weighted by molar-refractivity contribution is 8.03. The van der Waals surface area contributed by atoms with E-state index in [4.69, 9.17) is 0 Å². The first-order valence-electron chi connectivity index (χ1n) is 9.39. The Balaban J connectivity index is 1.53. The molecule has 1 aromatic carbocycles. The molecular weight excluding hydrogens is 471 g/mol. The van der Waals surface area contributed by atoms with Crippen LogP contribution in [0.4, 0.5) is 0 Å². The lowest BCUT2D eigenvalue weighted by molar-refractivity contribution is -0.118. The Morgan fingerprint density at radius 2 is 1.87 bits per heavy atom. The molecule has 2 aromatic heterocycles. The van der Waals surface area contributed by atoms with Crippen molar-refractivity contribution < 1.29 is 9.59 Å². The molecule has 1 atom stereocenters. The van der Waals surface area contributed by atoms with Crippen LogP contribution in [0.15, 0.2) is 44.4 Å². The zero-order valence-electron chi connectivity index (χ0n) is 16.6. The summed E-state index contributed by atoms with van der Waals surface area (Å²) in [5, 5.41) is 22.8. The third-order valence-corrected chi connectivity index (χ3v) is 8.04. The lowest BCUT2D eigenvalue weighted by atomic mass is 10.1. The summed E-state index contributed by atoms with van der Waals surface area (Å²) in [7, 11) is 0. The number of benzene rings is 1. The molecule has 160 valence electrons. The molecule has 1 N–H and O–H groups in total. The van der Waals surface area contributed by atoms with Crippen LogP contribution in [0.5, 0.6) is 0 Å². The van der Waals surface area contributed by atoms with E-state index in [9.17, 15) is 14.9 Å². The molecule has 7 nitrogen and oxygen atoms in total. The number of hydrogen-bond acceptors (Lipinski definition) is 10. The number of Topliss-reactive ketones (excluding diaryl/α,β-unsaturated/α-hetero) is 1. The zero-order valence-corrected chi connectivity index (χ0v) is 19.9. The van der Waals surface area contributed by atoms with Crippen LogP contribution in [0, 0.1) is 11.3 Å². The number of nitrogens with one attached hydrogen (secondary N) is 1. The number of rotatable bonds is 11. The molecule has 1 amide bonds. The molecule has 0 bridgehead atoms. The van der Waals surface area contributed by atoms with Crippen LogP contribution in [-0.4, -0.2) is 44.9 Å². The Hall–Kier alpha value is -2.26. The SMILES string of the molecule is CCCNC(=O)CSc1nnc(SCC(=O)C(C#N)c2nc(-c3ccccc3)cs2)s1. The van der Waals surface area contributed by atoms with Gasteiger partial charge in [0.2, 0.25) is 5.91 Å². The summed E-state index contributed by atoms with van der Waals surface area (Å²) in [5.74, 6) is -0.775. The number of aromatic nitrogens is 3. The lowest BCUT2D eigenvalue weighted by Crippen LogP contribution is -2.25. The van der Waals surface area contributed by atoms with Crippen molar-refractivity contribution in [2.45, 2.75) is 27.9 Å². The van der Waals surface area contributed by atoms with Gasteiger partial charge in [0.25, 0.3) is 0 Å². The van der Waals surface area contributed by atoms with Crippen LogP contribution in [-0.2, 0) is 9.59 Å². The minimum Gasteiger partial charge on any atom is -0.355 e. The molecule has 31 heavy (non-hydrogen) atoms. The van der Waals surface area contributed by atoms with Gasteiger partial charge in [0.05, 0.1) is 23.3 Å². The van der Waals surface area contributed by atoms with Gasteiger partial charge in [-0.05, 0) is 6.42 Å². The second-order valence-electron chi connectivity index (χ2n) is 6.23. The summed E-state index contributed by atoms with van der Waals surface area (Å²) in [6.07, 6.45) is 0.891. The van der Waals surface area contributed by atoms with E-state index in [-0.39, 0.29) is 23.2 Å². The number of amides is 1. The number of hydrogen-bond donors (Lipinski definition) is 1. The molecule has 1 unspecified atom stereocenters. The third kappa shape index (κ3) is 6.87. The number of carbonyl (C=O) groups is 2. The van der Waals surface area contributed by atoms with E-state index in [1.165, 1.54) is 46.2 Å². The number of nitrogens with zero attached hydrogens (tertiary/aromatic N) is 4. The number of ketones is 1. The highest BCUT2D eigenvalue weighted by Gasteiger charge is 2.24. The summed E-state index contributed by atoms with van der Waals surface area (Å²) in [6.45, 7) is 2.65. The smallest absolute Gasteiger partial charge is 0.230 e. The molecule has 0 aliphatic carbocycles. The van der Waals surface area contributed by atoms with Crippen molar-refractivity contribution in [3.8, 4) is 17.3 Å². The summed E-state index contributed by atoms with van der Waals surface area (Å²) in [4.78, 5) is 28.8. The molecule has 0 saturated carbocycles. The minimum absolute atomic E-state index is 0.0402. The number of thiazole rings is 1. The normalized spacial score (nSPS) is 11.6. The van der Waals surface area contributed by atoms with Crippen molar-refractivity contribution in [2.75, 3.05) is 18.1 Å². The van der Waals surface area contributed by atoms with E-state index in [1.54, 1.807) is 0 Å².